The quantitative estimate of drug-likeness (QED) is 0.226. The summed E-state index contributed by atoms with van der Waals surface area (Å²) in [6.07, 6.45) is 3.89. The van der Waals surface area contributed by atoms with E-state index in [1.165, 1.54) is 22.7 Å². The number of H-pyrrole nitrogens is 2. The topological polar surface area (TPSA) is 133 Å². The van der Waals surface area contributed by atoms with Crippen molar-refractivity contribution in [3.8, 4) is 21.4 Å². The molecule has 14 heteroatoms. The number of aryl methyl sites for hydroxylation is 2. The minimum Gasteiger partial charge on any atom is -0.317 e. The van der Waals surface area contributed by atoms with Gasteiger partial charge in [0.05, 0.1) is 43.6 Å². The van der Waals surface area contributed by atoms with Gasteiger partial charge in [-0.05, 0) is 71.6 Å². The zero-order chi connectivity index (χ0) is 31.4. The number of hydrogen-bond acceptors (Lipinski definition) is 10. The molecule has 0 spiro atoms. The first-order valence-corrected chi connectivity index (χ1v) is 17.5. The number of hydrogen-bond donors (Lipinski definition) is 3. The van der Waals surface area contributed by atoms with Gasteiger partial charge in [-0.15, -0.1) is 22.7 Å². The van der Waals surface area contributed by atoms with E-state index in [9.17, 15) is 9.59 Å². The molecule has 6 heterocycles. The summed E-state index contributed by atoms with van der Waals surface area (Å²) in [6.45, 7) is 13.4. The van der Waals surface area contributed by atoms with Gasteiger partial charge in [-0.25, -0.2) is 19.9 Å². The molecule has 44 heavy (non-hydrogen) atoms. The molecule has 10 nitrogen and oxygen atoms in total. The highest BCUT2D eigenvalue weighted by Crippen LogP contribution is 2.33. The van der Waals surface area contributed by atoms with E-state index in [2.05, 4.69) is 49.0 Å². The highest BCUT2D eigenvalue weighted by atomic mass is 35.5. The lowest BCUT2D eigenvalue weighted by atomic mass is 9.92. The highest BCUT2D eigenvalue weighted by Gasteiger charge is 2.26. The maximum absolute atomic E-state index is 12.3. The number of aromatic amines is 2. The molecule has 4 aromatic rings. The lowest BCUT2D eigenvalue weighted by Gasteiger charge is -2.32. The van der Waals surface area contributed by atoms with E-state index >= 15 is 0 Å². The summed E-state index contributed by atoms with van der Waals surface area (Å²) < 4.78 is 0. The third kappa shape index (κ3) is 7.66. The van der Waals surface area contributed by atoms with Crippen LogP contribution in [0.5, 0.6) is 0 Å². The van der Waals surface area contributed by atoms with Crippen LogP contribution < -0.4 is 16.4 Å². The van der Waals surface area contributed by atoms with E-state index < -0.39 is 0 Å². The molecule has 0 atom stereocenters. The Labute approximate surface area is 274 Å². The lowest BCUT2D eigenvalue weighted by Crippen LogP contribution is -2.36. The summed E-state index contributed by atoms with van der Waals surface area (Å²) >= 11 is 15.4. The van der Waals surface area contributed by atoms with Crippen molar-refractivity contribution in [1.29, 1.82) is 0 Å². The SMILES string of the molecule is Cc1ncsc1-c1nc(C2CCN(CC(C)C)CC2)c(Cl)c(=O)[nH]1.Cc1ncsc1-c1nc(C2CCNCC2)c(Cl)c(=O)[nH]1. The zero-order valence-corrected chi connectivity index (χ0v) is 28.5. The molecule has 2 saturated heterocycles. The van der Waals surface area contributed by atoms with Crippen molar-refractivity contribution in [3.05, 3.63) is 64.5 Å². The second-order valence-corrected chi connectivity index (χ2v) is 14.2. The van der Waals surface area contributed by atoms with Crippen LogP contribution in [0.4, 0.5) is 0 Å². The fourth-order valence-electron chi connectivity index (χ4n) is 5.77. The Hall–Kier alpha value is -2.48. The molecule has 6 rings (SSSR count). The lowest BCUT2D eigenvalue weighted by molar-refractivity contribution is 0.191. The van der Waals surface area contributed by atoms with E-state index in [0.29, 0.717) is 17.6 Å². The Morgan fingerprint density at radius 1 is 0.818 bits per heavy atom. The number of halogens is 2. The number of rotatable bonds is 6. The van der Waals surface area contributed by atoms with E-state index in [-0.39, 0.29) is 33.0 Å². The van der Waals surface area contributed by atoms with Crippen LogP contribution in [0, 0.1) is 19.8 Å². The van der Waals surface area contributed by atoms with Gasteiger partial charge in [0.25, 0.3) is 11.1 Å². The van der Waals surface area contributed by atoms with Gasteiger partial charge in [0.15, 0.2) is 11.6 Å². The molecule has 0 saturated carbocycles. The first-order chi connectivity index (χ1) is 21.1. The molecular formula is C30H38Cl2N8O2S2. The Morgan fingerprint density at radius 2 is 1.27 bits per heavy atom. The Balaban J connectivity index is 0.000000177. The Morgan fingerprint density at radius 3 is 1.68 bits per heavy atom. The number of likely N-dealkylation sites (tertiary alicyclic amines) is 1. The van der Waals surface area contributed by atoms with Gasteiger partial charge < -0.3 is 20.2 Å². The van der Waals surface area contributed by atoms with Gasteiger partial charge in [0.2, 0.25) is 0 Å². The number of nitrogens with zero attached hydrogens (tertiary/aromatic N) is 5. The summed E-state index contributed by atoms with van der Waals surface area (Å²) in [5, 5.41) is 3.77. The predicted octanol–water partition coefficient (Wildman–Crippen LogP) is 6.01. The van der Waals surface area contributed by atoms with Gasteiger partial charge in [-0.3, -0.25) is 9.59 Å². The molecule has 0 amide bonds. The van der Waals surface area contributed by atoms with Crippen molar-refractivity contribution in [2.24, 2.45) is 5.92 Å². The third-order valence-electron chi connectivity index (χ3n) is 8.02. The van der Waals surface area contributed by atoms with E-state index in [0.717, 1.165) is 90.9 Å². The van der Waals surface area contributed by atoms with Crippen molar-refractivity contribution in [2.75, 3.05) is 32.7 Å². The van der Waals surface area contributed by atoms with Crippen LogP contribution in [-0.4, -0.2) is 67.5 Å². The van der Waals surface area contributed by atoms with Gasteiger partial charge in [0.1, 0.15) is 10.0 Å². The average molecular weight is 678 g/mol. The number of nitrogens with one attached hydrogen (secondary N) is 3. The summed E-state index contributed by atoms with van der Waals surface area (Å²) in [5.74, 6) is 2.33. The molecule has 4 aromatic heterocycles. The number of piperidine rings is 2. The fraction of sp³-hybridized carbons (Fsp3) is 0.533. The van der Waals surface area contributed by atoms with Crippen LogP contribution >= 0.6 is 45.9 Å². The molecule has 0 unspecified atom stereocenters. The van der Waals surface area contributed by atoms with Crippen molar-refractivity contribution < 1.29 is 0 Å². The Kier molecular flexibility index (Phi) is 11.0. The molecule has 0 radical (unpaired) electrons. The van der Waals surface area contributed by atoms with E-state index in [4.69, 9.17) is 28.2 Å². The van der Waals surface area contributed by atoms with Crippen LogP contribution in [0.2, 0.25) is 10.0 Å². The predicted molar refractivity (Wildman–Crippen MR) is 180 cm³/mol. The molecule has 236 valence electrons. The van der Waals surface area contributed by atoms with Gasteiger partial charge >= 0.3 is 0 Å². The summed E-state index contributed by atoms with van der Waals surface area (Å²) in [6, 6.07) is 0. The molecule has 2 aliphatic rings. The number of thiazole rings is 2. The van der Waals surface area contributed by atoms with Crippen molar-refractivity contribution in [1.82, 2.24) is 40.1 Å². The van der Waals surface area contributed by atoms with Crippen molar-refractivity contribution in [2.45, 2.75) is 65.2 Å². The van der Waals surface area contributed by atoms with Crippen LogP contribution in [0.3, 0.4) is 0 Å². The second kappa shape index (κ2) is 14.7. The second-order valence-electron chi connectivity index (χ2n) is 11.8. The molecule has 3 N–H and O–H groups in total. The molecule has 0 bridgehead atoms. The molecule has 2 fully saturated rings. The standard InChI is InChI=1S/C17H23ClN4OS.C13H15ClN4OS/c1-10(2)8-22-6-4-12(5-7-22)14-13(18)17(23)21-16(20-14)15-11(3)19-9-24-15;1-7-11(20-6-16-7)12-17-10(9(14)13(19)18-12)8-2-4-15-5-3-8/h9-10,12H,4-8H2,1-3H3,(H,20,21,23);6,8,15H,2-5H2,1H3,(H,17,18,19). The van der Waals surface area contributed by atoms with Crippen molar-refractivity contribution in [3.63, 3.8) is 0 Å². The summed E-state index contributed by atoms with van der Waals surface area (Å²) in [7, 11) is 0. The molecule has 0 aliphatic carbocycles. The molecule has 0 aromatic carbocycles. The zero-order valence-electron chi connectivity index (χ0n) is 25.4. The third-order valence-corrected chi connectivity index (χ3v) is 10.6. The van der Waals surface area contributed by atoms with E-state index in [1.54, 1.807) is 11.0 Å². The molecule has 2 aliphatic heterocycles. The van der Waals surface area contributed by atoms with Gasteiger partial charge in [-0.2, -0.15) is 0 Å². The van der Waals surface area contributed by atoms with Crippen LogP contribution in [-0.2, 0) is 0 Å². The molecular weight excluding hydrogens is 639 g/mol. The normalized spacial score (nSPS) is 16.7. The maximum Gasteiger partial charge on any atom is 0.270 e. The monoisotopic (exact) mass is 676 g/mol. The maximum atomic E-state index is 12.3. The highest BCUT2D eigenvalue weighted by molar-refractivity contribution is 7.13. The minimum atomic E-state index is -0.266. The summed E-state index contributed by atoms with van der Waals surface area (Å²) in [4.78, 5) is 51.9. The van der Waals surface area contributed by atoms with Crippen LogP contribution in [0.25, 0.3) is 21.4 Å². The average Bonchev–Trinajstić information content (AvgIpc) is 3.64. The largest absolute Gasteiger partial charge is 0.317 e. The van der Waals surface area contributed by atoms with Crippen LogP contribution in [0.15, 0.2) is 20.6 Å². The number of aromatic nitrogens is 6. The Bertz CT molecular complexity index is 1680. The minimum absolute atomic E-state index is 0.225. The fourth-order valence-corrected chi connectivity index (χ4v) is 7.75. The van der Waals surface area contributed by atoms with Crippen LogP contribution in [0.1, 0.15) is 74.1 Å². The smallest absolute Gasteiger partial charge is 0.270 e. The summed E-state index contributed by atoms with van der Waals surface area (Å²) in [5.41, 5.74) is 6.21. The van der Waals surface area contributed by atoms with Crippen molar-refractivity contribution >= 4 is 45.9 Å². The van der Waals surface area contributed by atoms with Gasteiger partial charge in [-0.1, -0.05) is 37.0 Å². The van der Waals surface area contributed by atoms with E-state index in [1.807, 2.05) is 13.8 Å². The first kappa shape index (κ1) is 32.9. The van der Waals surface area contributed by atoms with Gasteiger partial charge in [0, 0.05) is 18.4 Å². The first-order valence-electron chi connectivity index (χ1n) is 15.0.